The highest BCUT2D eigenvalue weighted by Crippen LogP contribution is 2.28. The molecule has 1 saturated heterocycles. The van der Waals surface area contributed by atoms with Gasteiger partial charge in [0.15, 0.2) is 0 Å². The van der Waals surface area contributed by atoms with Gasteiger partial charge in [-0.05, 0) is 61.4 Å². The van der Waals surface area contributed by atoms with Gasteiger partial charge < -0.3 is 9.84 Å². The third-order valence-electron chi connectivity index (χ3n) is 5.23. The van der Waals surface area contributed by atoms with Crippen molar-refractivity contribution in [3.63, 3.8) is 0 Å². The Morgan fingerprint density at radius 1 is 1.18 bits per heavy atom. The Bertz CT molecular complexity index is 957. The number of aliphatic hydroxyl groups excluding tert-OH is 1. The molecule has 3 aromatic rings. The molecule has 1 aromatic heterocycles. The summed E-state index contributed by atoms with van der Waals surface area (Å²) < 4.78 is 19.2. The zero-order valence-electron chi connectivity index (χ0n) is 16.1. The molecule has 2 heterocycles. The van der Waals surface area contributed by atoms with Crippen LogP contribution in [0.25, 0.3) is 22.2 Å². The topological polar surface area (TPSA) is 45.6 Å². The van der Waals surface area contributed by atoms with E-state index in [0.29, 0.717) is 13.0 Å². The molecule has 0 spiro atoms. The van der Waals surface area contributed by atoms with Crippen LogP contribution in [0.15, 0.2) is 48.5 Å². The number of aryl methyl sites for hydroxylation is 1. The molecule has 1 N–H and O–H groups in total. The number of aromatic nitrogens is 1. The van der Waals surface area contributed by atoms with Crippen molar-refractivity contribution in [2.24, 2.45) is 0 Å². The van der Waals surface area contributed by atoms with E-state index in [9.17, 15) is 9.50 Å². The van der Waals surface area contributed by atoms with Crippen molar-refractivity contribution in [3.8, 4) is 11.3 Å². The lowest BCUT2D eigenvalue weighted by molar-refractivity contribution is -0.0406. The largest absolute Gasteiger partial charge is 0.396 e. The van der Waals surface area contributed by atoms with Gasteiger partial charge in [0.2, 0.25) is 0 Å². The molecular weight excluding hydrogens is 355 g/mol. The van der Waals surface area contributed by atoms with Gasteiger partial charge in [-0.1, -0.05) is 11.6 Å². The van der Waals surface area contributed by atoms with Crippen molar-refractivity contribution in [2.75, 3.05) is 26.3 Å². The molecule has 1 fully saturated rings. The van der Waals surface area contributed by atoms with Crippen molar-refractivity contribution in [3.05, 3.63) is 65.5 Å². The van der Waals surface area contributed by atoms with E-state index in [1.54, 1.807) is 12.1 Å². The molecule has 146 valence electrons. The van der Waals surface area contributed by atoms with Crippen LogP contribution in [0.3, 0.4) is 0 Å². The number of ether oxygens (including phenoxy) is 1. The van der Waals surface area contributed by atoms with Gasteiger partial charge in [0.1, 0.15) is 5.82 Å². The highest BCUT2D eigenvalue weighted by atomic mass is 19.1. The summed E-state index contributed by atoms with van der Waals surface area (Å²) in [4.78, 5) is 7.26. The normalized spacial score (nSPS) is 17.9. The Morgan fingerprint density at radius 3 is 2.79 bits per heavy atom. The lowest BCUT2D eigenvalue weighted by atomic mass is 10.0. The Balaban J connectivity index is 1.71. The van der Waals surface area contributed by atoms with Gasteiger partial charge in [-0.3, -0.25) is 4.90 Å². The van der Waals surface area contributed by atoms with Crippen LogP contribution in [0.5, 0.6) is 0 Å². The Labute approximate surface area is 164 Å². The third kappa shape index (κ3) is 4.22. The van der Waals surface area contributed by atoms with E-state index in [1.165, 1.54) is 17.7 Å². The molecule has 0 saturated carbocycles. The standard InChI is InChI=1S/C23H25FN2O2/c1-16-2-7-22-18(12-16)13-19(14-26-9-11-28-21(15-26)8-10-27)23(25-22)17-3-5-20(24)6-4-17/h2-7,12-13,21,27H,8-11,14-15H2,1H3/t21-/m0/s1. The molecule has 4 nitrogen and oxygen atoms in total. The van der Waals surface area contributed by atoms with Crippen molar-refractivity contribution in [1.82, 2.24) is 9.88 Å². The lowest BCUT2D eigenvalue weighted by Gasteiger charge is -2.33. The number of halogens is 1. The number of aliphatic hydroxyl groups is 1. The summed E-state index contributed by atoms with van der Waals surface area (Å²) >= 11 is 0. The van der Waals surface area contributed by atoms with Crippen molar-refractivity contribution < 1.29 is 14.2 Å². The van der Waals surface area contributed by atoms with E-state index in [2.05, 4.69) is 30.0 Å². The first-order chi connectivity index (χ1) is 13.6. The molecular formula is C23H25FN2O2. The number of rotatable bonds is 5. The lowest BCUT2D eigenvalue weighted by Crippen LogP contribution is -2.42. The first-order valence-electron chi connectivity index (χ1n) is 9.73. The van der Waals surface area contributed by atoms with Gasteiger partial charge in [-0.15, -0.1) is 0 Å². The quantitative estimate of drug-likeness (QED) is 0.728. The van der Waals surface area contributed by atoms with E-state index in [0.717, 1.165) is 47.4 Å². The van der Waals surface area contributed by atoms with Crippen molar-refractivity contribution >= 4 is 10.9 Å². The molecule has 0 bridgehead atoms. The predicted molar refractivity (Wildman–Crippen MR) is 109 cm³/mol. The summed E-state index contributed by atoms with van der Waals surface area (Å²) in [5, 5.41) is 10.3. The third-order valence-corrected chi connectivity index (χ3v) is 5.23. The molecule has 1 aliphatic heterocycles. The number of nitrogens with zero attached hydrogens (tertiary/aromatic N) is 2. The number of benzene rings is 2. The van der Waals surface area contributed by atoms with Gasteiger partial charge in [-0.2, -0.15) is 0 Å². The first-order valence-corrected chi connectivity index (χ1v) is 9.73. The number of hydrogen-bond acceptors (Lipinski definition) is 4. The van der Waals surface area contributed by atoms with Crippen molar-refractivity contribution in [2.45, 2.75) is 26.0 Å². The van der Waals surface area contributed by atoms with Gasteiger partial charge >= 0.3 is 0 Å². The van der Waals surface area contributed by atoms with Gasteiger partial charge in [0, 0.05) is 37.2 Å². The second-order valence-corrected chi connectivity index (χ2v) is 7.44. The van der Waals surface area contributed by atoms with Crippen LogP contribution < -0.4 is 0 Å². The maximum Gasteiger partial charge on any atom is 0.123 e. The average molecular weight is 380 g/mol. The van der Waals surface area contributed by atoms with Crippen LogP contribution >= 0.6 is 0 Å². The maximum absolute atomic E-state index is 13.4. The minimum atomic E-state index is -0.248. The van der Waals surface area contributed by atoms with Crippen LogP contribution in [-0.4, -0.2) is 47.4 Å². The highest BCUT2D eigenvalue weighted by molar-refractivity contribution is 5.84. The van der Waals surface area contributed by atoms with E-state index in [4.69, 9.17) is 9.72 Å². The fourth-order valence-corrected chi connectivity index (χ4v) is 3.80. The van der Waals surface area contributed by atoms with Crippen LogP contribution in [-0.2, 0) is 11.3 Å². The van der Waals surface area contributed by atoms with E-state index >= 15 is 0 Å². The fourth-order valence-electron chi connectivity index (χ4n) is 3.80. The second-order valence-electron chi connectivity index (χ2n) is 7.44. The predicted octanol–water partition coefficient (Wildman–Crippen LogP) is 3.93. The SMILES string of the molecule is Cc1ccc2nc(-c3ccc(F)cc3)c(CN3CCO[C@@H](CCO)C3)cc2c1. The van der Waals surface area contributed by atoms with Crippen LogP contribution in [0.2, 0.25) is 0 Å². The average Bonchev–Trinajstić information content (AvgIpc) is 2.69. The van der Waals surface area contributed by atoms with Gasteiger partial charge in [0.25, 0.3) is 0 Å². The summed E-state index contributed by atoms with van der Waals surface area (Å²) in [5.41, 5.74) is 5.06. The molecule has 5 heteroatoms. The first kappa shape index (κ1) is 19.0. The van der Waals surface area contributed by atoms with E-state index in [1.807, 2.05) is 6.07 Å². The smallest absolute Gasteiger partial charge is 0.123 e. The molecule has 1 atom stereocenters. The molecule has 0 radical (unpaired) electrons. The number of hydrogen-bond donors (Lipinski definition) is 1. The number of fused-ring (bicyclic) bond motifs is 1. The monoisotopic (exact) mass is 380 g/mol. The fraction of sp³-hybridized carbons (Fsp3) is 0.348. The molecule has 0 aliphatic carbocycles. The molecule has 28 heavy (non-hydrogen) atoms. The van der Waals surface area contributed by atoms with Gasteiger partial charge in [-0.25, -0.2) is 9.37 Å². The van der Waals surface area contributed by atoms with Gasteiger partial charge in [0.05, 0.1) is 23.9 Å². The summed E-state index contributed by atoms with van der Waals surface area (Å²) in [6, 6.07) is 15.0. The minimum Gasteiger partial charge on any atom is -0.396 e. The molecule has 0 amide bonds. The number of morpholine rings is 1. The highest BCUT2D eigenvalue weighted by Gasteiger charge is 2.21. The summed E-state index contributed by atoms with van der Waals surface area (Å²) in [6.45, 7) is 5.25. The number of pyridine rings is 1. The summed E-state index contributed by atoms with van der Waals surface area (Å²) in [5.74, 6) is -0.248. The molecule has 2 aromatic carbocycles. The van der Waals surface area contributed by atoms with Crippen LogP contribution in [0.1, 0.15) is 17.5 Å². The minimum absolute atomic E-state index is 0.0590. The Hall–Kier alpha value is -2.34. The summed E-state index contributed by atoms with van der Waals surface area (Å²) in [7, 11) is 0. The van der Waals surface area contributed by atoms with Crippen molar-refractivity contribution in [1.29, 1.82) is 0 Å². The zero-order chi connectivity index (χ0) is 19.5. The maximum atomic E-state index is 13.4. The summed E-state index contributed by atoms with van der Waals surface area (Å²) in [6.07, 6.45) is 0.708. The van der Waals surface area contributed by atoms with Crippen LogP contribution in [0, 0.1) is 12.7 Å². The zero-order valence-corrected chi connectivity index (χ0v) is 16.1. The van der Waals surface area contributed by atoms with Crippen LogP contribution in [0.4, 0.5) is 4.39 Å². The second kappa shape index (κ2) is 8.35. The van der Waals surface area contributed by atoms with E-state index < -0.39 is 0 Å². The van der Waals surface area contributed by atoms with E-state index in [-0.39, 0.29) is 18.5 Å². The molecule has 0 unspecified atom stereocenters. The Morgan fingerprint density at radius 2 is 2.00 bits per heavy atom. The Kier molecular flexibility index (Phi) is 5.67. The molecule has 4 rings (SSSR count). The molecule has 1 aliphatic rings.